The summed E-state index contributed by atoms with van der Waals surface area (Å²) < 4.78 is 5.67. The molecule has 20 heavy (non-hydrogen) atoms. The fourth-order valence-electron chi connectivity index (χ4n) is 2.09. The summed E-state index contributed by atoms with van der Waals surface area (Å²) in [5.41, 5.74) is 1.25. The minimum absolute atomic E-state index is 0.310. The number of rotatable bonds is 11. The Balaban J connectivity index is 1.87. The SMILES string of the molecule is Cc1ccc(OCCCCCCCCCC(=O)O)cc1. The minimum Gasteiger partial charge on any atom is -0.494 e. The van der Waals surface area contributed by atoms with Gasteiger partial charge in [-0.15, -0.1) is 0 Å². The van der Waals surface area contributed by atoms with Gasteiger partial charge < -0.3 is 9.84 Å². The second kappa shape index (κ2) is 10.3. The Kier molecular flexibility index (Phi) is 8.52. The number of ether oxygens (including phenoxy) is 1. The molecule has 0 radical (unpaired) electrons. The van der Waals surface area contributed by atoms with Gasteiger partial charge in [-0.1, -0.05) is 49.8 Å². The zero-order valence-electron chi connectivity index (χ0n) is 12.4. The normalized spacial score (nSPS) is 10.4. The summed E-state index contributed by atoms with van der Waals surface area (Å²) in [6.45, 7) is 2.85. The highest BCUT2D eigenvalue weighted by molar-refractivity contribution is 5.66. The largest absolute Gasteiger partial charge is 0.494 e. The molecule has 0 aliphatic heterocycles. The zero-order chi connectivity index (χ0) is 14.6. The lowest BCUT2D eigenvalue weighted by Gasteiger charge is -2.06. The van der Waals surface area contributed by atoms with Gasteiger partial charge in [-0.3, -0.25) is 4.79 Å². The molecule has 0 heterocycles. The third-order valence-corrected chi connectivity index (χ3v) is 3.32. The summed E-state index contributed by atoms with van der Waals surface area (Å²) in [6, 6.07) is 8.15. The number of aliphatic carboxylic acids is 1. The molecule has 0 amide bonds. The lowest BCUT2D eigenvalue weighted by molar-refractivity contribution is -0.137. The number of unbranched alkanes of at least 4 members (excludes halogenated alkanes) is 6. The summed E-state index contributed by atoms with van der Waals surface area (Å²) in [6.07, 6.45) is 7.98. The Morgan fingerprint density at radius 1 is 0.950 bits per heavy atom. The van der Waals surface area contributed by atoms with Crippen LogP contribution in [-0.2, 0) is 4.79 Å². The molecule has 0 fully saturated rings. The summed E-state index contributed by atoms with van der Waals surface area (Å²) in [7, 11) is 0. The first-order valence-electron chi connectivity index (χ1n) is 7.60. The Morgan fingerprint density at radius 2 is 1.50 bits per heavy atom. The predicted molar refractivity (Wildman–Crippen MR) is 81.2 cm³/mol. The van der Waals surface area contributed by atoms with Crippen LogP contribution < -0.4 is 4.74 Å². The molecule has 1 aromatic rings. The average Bonchev–Trinajstić information content (AvgIpc) is 2.42. The van der Waals surface area contributed by atoms with Gasteiger partial charge in [0.1, 0.15) is 5.75 Å². The van der Waals surface area contributed by atoms with Crippen LogP contribution in [0.2, 0.25) is 0 Å². The van der Waals surface area contributed by atoms with Gasteiger partial charge in [0.15, 0.2) is 0 Å². The third kappa shape index (κ3) is 8.57. The van der Waals surface area contributed by atoms with Gasteiger partial charge >= 0.3 is 5.97 Å². The van der Waals surface area contributed by atoms with Crippen molar-refractivity contribution in [1.82, 2.24) is 0 Å². The van der Waals surface area contributed by atoms with Crippen molar-refractivity contribution in [3.63, 3.8) is 0 Å². The number of benzene rings is 1. The molecule has 0 saturated carbocycles. The number of carboxylic acid groups (broad SMARTS) is 1. The number of carbonyl (C=O) groups is 1. The molecule has 0 aromatic heterocycles. The number of aryl methyl sites for hydroxylation is 1. The van der Waals surface area contributed by atoms with Crippen molar-refractivity contribution in [2.45, 2.75) is 58.3 Å². The van der Waals surface area contributed by atoms with E-state index in [1.165, 1.54) is 24.8 Å². The maximum absolute atomic E-state index is 10.3. The standard InChI is InChI=1S/C17H26O3/c1-15-10-12-16(13-11-15)20-14-8-6-4-2-3-5-7-9-17(18)19/h10-13H,2-9,14H2,1H3,(H,18,19). The third-order valence-electron chi connectivity index (χ3n) is 3.32. The molecule has 0 aliphatic carbocycles. The predicted octanol–water partition coefficient (Wildman–Crippen LogP) is 4.58. The van der Waals surface area contributed by atoms with E-state index in [1.54, 1.807) is 0 Å². The zero-order valence-corrected chi connectivity index (χ0v) is 12.4. The molecule has 0 atom stereocenters. The van der Waals surface area contributed by atoms with Crippen LogP contribution >= 0.6 is 0 Å². The van der Waals surface area contributed by atoms with Gasteiger partial charge in [-0.25, -0.2) is 0 Å². The van der Waals surface area contributed by atoms with Gasteiger partial charge in [0.05, 0.1) is 6.61 Å². The van der Waals surface area contributed by atoms with Crippen LogP contribution in [0.25, 0.3) is 0 Å². The lowest BCUT2D eigenvalue weighted by Crippen LogP contribution is -1.97. The van der Waals surface area contributed by atoms with Gasteiger partial charge in [-0.05, 0) is 31.9 Å². The smallest absolute Gasteiger partial charge is 0.303 e. The van der Waals surface area contributed by atoms with Crippen LogP contribution in [0.1, 0.15) is 56.9 Å². The molecule has 112 valence electrons. The van der Waals surface area contributed by atoms with E-state index in [4.69, 9.17) is 9.84 Å². The Bertz CT molecular complexity index is 370. The van der Waals surface area contributed by atoms with Crippen molar-refractivity contribution in [3.05, 3.63) is 29.8 Å². The maximum Gasteiger partial charge on any atom is 0.303 e. The molecule has 0 unspecified atom stereocenters. The second-order valence-electron chi connectivity index (χ2n) is 5.28. The van der Waals surface area contributed by atoms with Gasteiger partial charge in [-0.2, -0.15) is 0 Å². The van der Waals surface area contributed by atoms with Crippen LogP contribution in [0, 0.1) is 6.92 Å². The molecule has 0 aliphatic rings. The first kappa shape index (κ1) is 16.5. The molecule has 0 bridgehead atoms. The molecular weight excluding hydrogens is 252 g/mol. The summed E-state index contributed by atoms with van der Waals surface area (Å²) >= 11 is 0. The fourth-order valence-corrected chi connectivity index (χ4v) is 2.09. The molecule has 0 spiro atoms. The van der Waals surface area contributed by atoms with E-state index >= 15 is 0 Å². The fraction of sp³-hybridized carbons (Fsp3) is 0.588. The van der Waals surface area contributed by atoms with Crippen molar-refractivity contribution in [2.24, 2.45) is 0 Å². The van der Waals surface area contributed by atoms with E-state index in [0.717, 1.165) is 38.0 Å². The van der Waals surface area contributed by atoms with Gasteiger partial charge in [0.25, 0.3) is 0 Å². The maximum atomic E-state index is 10.3. The van der Waals surface area contributed by atoms with Crippen molar-refractivity contribution >= 4 is 5.97 Å². The Labute approximate surface area is 122 Å². The van der Waals surface area contributed by atoms with Gasteiger partial charge in [0.2, 0.25) is 0 Å². The van der Waals surface area contributed by atoms with E-state index in [9.17, 15) is 4.79 Å². The number of carboxylic acids is 1. The topological polar surface area (TPSA) is 46.5 Å². The molecule has 1 rings (SSSR count). The molecule has 0 saturated heterocycles. The van der Waals surface area contributed by atoms with Crippen LogP contribution in [-0.4, -0.2) is 17.7 Å². The molecule has 3 heteroatoms. The lowest BCUT2D eigenvalue weighted by atomic mass is 10.1. The van der Waals surface area contributed by atoms with Crippen LogP contribution in [0.3, 0.4) is 0 Å². The van der Waals surface area contributed by atoms with Crippen LogP contribution in [0.15, 0.2) is 24.3 Å². The van der Waals surface area contributed by atoms with Crippen LogP contribution in [0.4, 0.5) is 0 Å². The number of hydrogen-bond acceptors (Lipinski definition) is 2. The quantitative estimate of drug-likeness (QED) is 0.603. The van der Waals surface area contributed by atoms with Crippen LogP contribution in [0.5, 0.6) is 5.75 Å². The highest BCUT2D eigenvalue weighted by Gasteiger charge is 1.97. The molecular formula is C17H26O3. The van der Waals surface area contributed by atoms with E-state index in [2.05, 4.69) is 19.1 Å². The van der Waals surface area contributed by atoms with E-state index in [1.807, 2.05) is 12.1 Å². The van der Waals surface area contributed by atoms with E-state index < -0.39 is 5.97 Å². The van der Waals surface area contributed by atoms with Crippen molar-refractivity contribution in [3.8, 4) is 5.75 Å². The highest BCUT2D eigenvalue weighted by atomic mass is 16.5. The average molecular weight is 278 g/mol. The Hall–Kier alpha value is -1.51. The van der Waals surface area contributed by atoms with E-state index in [-0.39, 0.29) is 0 Å². The highest BCUT2D eigenvalue weighted by Crippen LogP contribution is 2.13. The molecule has 1 N–H and O–H groups in total. The van der Waals surface area contributed by atoms with Gasteiger partial charge in [0, 0.05) is 6.42 Å². The Morgan fingerprint density at radius 3 is 2.10 bits per heavy atom. The summed E-state index contributed by atoms with van der Waals surface area (Å²) in [5, 5.41) is 8.51. The minimum atomic E-state index is -0.682. The first-order valence-corrected chi connectivity index (χ1v) is 7.60. The first-order chi connectivity index (χ1) is 9.68. The second-order valence-corrected chi connectivity index (χ2v) is 5.28. The van der Waals surface area contributed by atoms with Crippen molar-refractivity contribution < 1.29 is 14.6 Å². The van der Waals surface area contributed by atoms with Crippen molar-refractivity contribution in [2.75, 3.05) is 6.61 Å². The monoisotopic (exact) mass is 278 g/mol. The van der Waals surface area contributed by atoms with E-state index in [0.29, 0.717) is 6.42 Å². The van der Waals surface area contributed by atoms with Crippen molar-refractivity contribution in [1.29, 1.82) is 0 Å². The molecule has 3 nitrogen and oxygen atoms in total. The molecule has 1 aromatic carbocycles. The number of hydrogen-bond donors (Lipinski definition) is 1. The summed E-state index contributed by atoms with van der Waals surface area (Å²) in [4.78, 5) is 10.3. The summed E-state index contributed by atoms with van der Waals surface area (Å²) in [5.74, 6) is 0.266.